The third-order valence-corrected chi connectivity index (χ3v) is 3.77. The van der Waals surface area contributed by atoms with Crippen molar-refractivity contribution in [1.29, 1.82) is 0 Å². The summed E-state index contributed by atoms with van der Waals surface area (Å²) in [6.45, 7) is 1.46. The van der Waals surface area contributed by atoms with Gasteiger partial charge in [0.15, 0.2) is 5.84 Å². The van der Waals surface area contributed by atoms with Gasteiger partial charge in [-0.1, -0.05) is 22.8 Å². The van der Waals surface area contributed by atoms with Crippen LogP contribution >= 0.6 is 11.6 Å². The summed E-state index contributed by atoms with van der Waals surface area (Å²) in [7, 11) is -3.74. The van der Waals surface area contributed by atoms with E-state index in [-0.39, 0.29) is 10.7 Å². The van der Waals surface area contributed by atoms with Crippen molar-refractivity contribution in [3.63, 3.8) is 0 Å². The maximum Gasteiger partial charge on any atom is 0.241 e. The molecule has 94 valence electrons. The van der Waals surface area contributed by atoms with E-state index in [9.17, 15) is 8.42 Å². The molecule has 0 heterocycles. The molecule has 0 aromatic heterocycles. The van der Waals surface area contributed by atoms with Crippen molar-refractivity contribution in [3.8, 4) is 0 Å². The van der Waals surface area contributed by atoms with Gasteiger partial charge in [-0.3, -0.25) is 0 Å². The zero-order valence-corrected chi connectivity index (χ0v) is 10.5. The average molecular weight is 278 g/mol. The van der Waals surface area contributed by atoms with E-state index in [4.69, 9.17) is 22.5 Å². The van der Waals surface area contributed by atoms with Gasteiger partial charge in [0.2, 0.25) is 10.0 Å². The lowest BCUT2D eigenvalue weighted by molar-refractivity contribution is 0.316. The molecule has 1 aromatic rings. The Morgan fingerprint density at radius 2 is 2.24 bits per heavy atom. The van der Waals surface area contributed by atoms with E-state index in [1.807, 2.05) is 0 Å². The lowest BCUT2D eigenvalue weighted by Gasteiger charge is -2.12. The predicted molar refractivity (Wildman–Crippen MR) is 64.6 cm³/mol. The van der Waals surface area contributed by atoms with Crippen LogP contribution in [0.1, 0.15) is 6.92 Å². The molecule has 0 amide bonds. The van der Waals surface area contributed by atoms with Gasteiger partial charge in [-0.2, -0.15) is 0 Å². The van der Waals surface area contributed by atoms with Gasteiger partial charge in [0.25, 0.3) is 0 Å². The number of hydrogen-bond acceptors (Lipinski definition) is 4. The maximum atomic E-state index is 11.9. The molecule has 0 saturated heterocycles. The topological polar surface area (TPSA) is 105 Å². The highest BCUT2D eigenvalue weighted by Gasteiger charge is 2.19. The van der Waals surface area contributed by atoms with Crippen LogP contribution in [0.15, 0.2) is 34.3 Å². The summed E-state index contributed by atoms with van der Waals surface area (Å²) in [4.78, 5) is 0.0163. The second-order valence-electron chi connectivity index (χ2n) is 3.33. The first kappa shape index (κ1) is 13.8. The van der Waals surface area contributed by atoms with Gasteiger partial charge in [-0.05, 0) is 25.1 Å². The van der Waals surface area contributed by atoms with Gasteiger partial charge in [-0.15, -0.1) is 0 Å². The van der Waals surface area contributed by atoms with Gasteiger partial charge >= 0.3 is 0 Å². The van der Waals surface area contributed by atoms with Crippen LogP contribution in [0.4, 0.5) is 0 Å². The van der Waals surface area contributed by atoms with Crippen LogP contribution in [0.25, 0.3) is 0 Å². The Morgan fingerprint density at radius 1 is 1.59 bits per heavy atom. The summed E-state index contributed by atoms with van der Waals surface area (Å²) in [6.07, 6.45) is 0. The van der Waals surface area contributed by atoms with Crippen molar-refractivity contribution in [1.82, 2.24) is 4.72 Å². The van der Waals surface area contributed by atoms with Crippen molar-refractivity contribution in [2.45, 2.75) is 17.9 Å². The molecular formula is C9H12ClN3O3S. The fraction of sp³-hybridized carbons (Fsp3) is 0.222. The lowest BCUT2D eigenvalue weighted by Crippen LogP contribution is -2.42. The number of nitrogens with zero attached hydrogens (tertiary/aromatic N) is 1. The first-order chi connectivity index (χ1) is 7.86. The largest absolute Gasteiger partial charge is 0.409 e. The van der Waals surface area contributed by atoms with Crippen molar-refractivity contribution in [3.05, 3.63) is 29.3 Å². The molecule has 0 saturated carbocycles. The van der Waals surface area contributed by atoms with Crippen LogP contribution in [-0.4, -0.2) is 25.5 Å². The summed E-state index contributed by atoms with van der Waals surface area (Å²) < 4.78 is 26.0. The van der Waals surface area contributed by atoms with E-state index in [0.29, 0.717) is 5.02 Å². The SMILES string of the molecule is CC(NS(=O)(=O)c1cccc(Cl)c1)/C(N)=N/O. The molecule has 4 N–H and O–H groups in total. The molecule has 1 rings (SSSR count). The van der Waals surface area contributed by atoms with E-state index in [2.05, 4.69) is 9.88 Å². The van der Waals surface area contributed by atoms with E-state index < -0.39 is 16.1 Å². The number of oxime groups is 1. The Labute approximate surface area is 104 Å². The second-order valence-corrected chi connectivity index (χ2v) is 5.48. The molecule has 0 aliphatic carbocycles. The van der Waals surface area contributed by atoms with E-state index in [1.54, 1.807) is 6.07 Å². The third-order valence-electron chi connectivity index (χ3n) is 2.00. The van der Waals surface area contributed by atoms with E-state index in [1.165, 1.54) is 25.1 Å². The lowest BCUT2D eigenvalue weighted by atomic mass is 10.3. The first-order valence-electron chi connectivity index (χ1n) is 4.62. The molecular weight excluding hydrogens is 266 g/mol. The Balaban J connectivity index is 2.97. The Kier molecular flexibility index (Phi) is 4.33. The predicted octanol–water partition coefficient (Wildman–Crippen LogP) is 0.753. The number of halogens is 1. The van der Waals surface area contributed by atoms with Crippen LogP contribution in [0, 0.1) is 0 Å². The van der Waals surface area contributed by atoms with E-state index in [0.717, 1.165) is 0 Å². The van der Waals surface area contributed by atoms with Crippen LogP contribution in [0.3, 0.4) is 0 Å². The Morgan fingerprint density at radius 3 is 2.76 bits per heavy atom. The number of nitrogens with one attached hydrogen (secondary N) is 1. The molecule has 1 unspecified atom stereocenters. The maximum absolute atomic E-state index is 11.9. The minimum Gasteiger partial charge on any atom is -0.409 e. The normalized spacial score (nSPS) is 14.6. The highest BCUT2D eigenvalue weighted by Crippen LogP contribution is 2.15. The number of amidine groups is 1. The van der Waals surface area contributed by atoms with Crippen molar-refractivity contribution in [2.24, 2.45) is 10.9 Å². The van der Waals surface area contributed by atoms with Crippen LogP contribution < -0.4 is 10.5 Å². The summed E-state index contributed by atoms with van der Waals surface area (Å²) in [5, 5.41) is 11.5. The molecule has 0 fully saturated rings. The van der Waals surface area contributed by atoms with Crippen LogP contribution in [0.5, 0.6) is 0 Å². The number of sulfonamides is 1. The molecule has 0 spiro atoms. The highest BCUT2D eigenvalue weighted by atomic mass is 35.5. The second kappa shape index (κ2) is 5.35. The molecule has 0 aliphatic heterocycles. The summed E-state index contributed by atoms with van der Waals surface area (Å²) >= 11 is 5.70. The molecule has 0 radical (unpaired) electrons. The number of benzene rings is 1. The molecule has 0 bridgehead atoms. The molecule has 1 aromatic carbocycles. The molecule has 6 nitrogen and oxygen atoms in total. The Hall–Kier alpha value is -1.31. The first-order valence-corrected chi connectivity index (χ1v) is 6.48. The number of rotatable bonds is 4. The molecule has 17 heavy (non-hydrogen) atoms. The average Bonchev–Trinajstić information content (AvgIpc) is 2.27. The van der Waals surface area contributed by atoms with Gasteiger partial charge in [-0.25, -0.2) is 13.1 Å². The van der Waals surface area contributed by atoms with Gasteiger partial charge in [0, 0.05) is 5.02 Å². The smallest absolute Gasteiger partial charge is 0.241 e. The van der Waals surface area contributed by atoms with Crippen molar-refractivity contribution < 1.29 is 13.6 Å². The van der Waals surface area contributed by atoms with Gasteiger partial charge in [0.05, 0.1) is 10.9 Å². The Bertz CT molecular complexity index is 530. The van der Waals surface area contributed by atoms with Crippen LogP contribution in [-0.2, 0) is 10.0 Å². The third kappa shape index (κ3) is 3.58. The minimum absolute atomic E-state index is 0.0163. The summed E-state index contributed by atoms with van der Waals surface area (Å²) in [5.74, 6) is -0.226. The van der Waals surface area contributed by atoms with E-state index >= 15 is 0 Å². The van der Waals surface area contributed by atoms with Crippen molar-refractivity contribution >= 4 is 27.5 Å². The quantitative estimate of drug-likeness (QED) is 0.327. The minimum atomic E-state index is -3.74. The summed E-state index contributed by atoms with van der Waals surface area (Å²) in [5.41, 5.74) is 5.28. The molecule has 8 heteroatoms. The number of nitrogens with two attached hydrogens (primary N) is 1. The standard InChI is InChI=1S/C9H12ClN3O3S/c1-6(9(11)12-14)13-17(15,16)8-4-2-3-7(10)5-8/h2-6,13-14H,1H3,(H2,11,12). The van der Waals surface area contributed by atoms with Crippen LogP contribution in [0.2, 0.25) is 5.02 Å². The monoisotopic (exact) mass is 277 g/mol. The zero-order chi connectivity index (χ0) is 13.1. The fourth-order valence-electron chi connectivity index (χ4n) is 1.08. The molecule has 1 atom stereocenters. The van der Waals surface area contributed by atoms with Gasteiger partial charge < -0.3 is 10.9 Å². The fourth-order valence-corrected chi connectivity index (χ4v) is 2.60. The summed E-state index contributed by atoms with van der Waals surface area (Å²) in [6, 6.07) is 4.97. The van der Waals surface area contributed by atoms with Crippen molar-refractivity contribution in [2.75, 3.05) is 0 Å². The zero-order valence-electron chi connectivity index (χ0n) is 8.96. The van der Waals surface area contributed by atoms with Gasteiger partial charge in [0.1, 0.15) is 0 Å². The highest BCUT2D eigenvalue weighted by molar-refractivity contribution is 7.89. The number of hydrogen-bond donors (Lipinski definition) is 3. The molecule has 0 aliphatic rings.